The Kier molecular flexibility index (Phi) is 6.97. The summed E-state index contributed by atoms with van der Waals surface area (Å²) in [7, 11) is 0. The number of rotatable bonds is 8. The average molecular weight is 558 g/mol. The zero-order valence-electron chi connectivity index (χ0n) is 22.8. The number of fused-ring (bicyclic) bond motifs is 1. The number of thiazole rings is 1. The van der Waals surface area contributed by atoms with Crippen LogP contribution in [0.2, 0.25) is 0 Å². The van der Waals surface area contributed by atoms with Crippen LogP contribution in [0.25, 0.3) is 33.4 Å². The molecule has 1 N–H and O–H groups in total. The van der Waals surface area contributed by atoms with Gasteiger partial charge in [0.2, 0.25) is 0 Å². The fraction of sp³-hybridized carbons (Fsp3) is 0.438. The first kappa shape index (κ1) is 25.6. The maximum absolute atomic E-state index is 12.4. The van der Waals surface area contributed by atoms with Crippen molar-refractivity contribution in [1.29, 1.82) is 0 Å². The lowest BCUT2D eigenvalue weighted by atomic mass is 9.92. The van der Waals surface area contributed by atoms with Crippen molar-refractivity contribution in [3.05, 3.63) is 53.4 Å². The molecule has 1 unspecified atom stereocenters. The summed E-state index contributed by atoms with van der Waals surface area (Å²) in [5.41, 5.74) is 8.22. The molecule has 8 heteroatoms. The predicted molar refractivity (Wildman–Crippen MR) is 158 cm³/mol. The highest BCUT2D eigenvalue weighted by molar-refractivity contribution is 7.07. The Hall–Kier alpha value is -3.36. The van der Waals surface area contributed by atoms with Crippen molar-refractivity contribution in [3.8, 4) is 28.3 Å². The summed E-state index contributed by atoms with van der Waals surface area (Å²) in [5, 5.41) is 6.22. The number of nitrogens with one attached hydrogen (secondary N) is 1. The van der Waals surface area contributed by atoms with Crippen molar-refractivity contribution >= 4 is 34.0 Å². The quantitative estimate of drug-likeness (QED) is 0.237. The van der Waals surface area contributed by atoms with Crippen molar-refractivity contribution in [2.75, 3.05) is 18.5 Å². The van der Waals surface area contributed by atoms with E-state index in [1.165, 1.54) is 23.0 Å². The van der Waals surface area contributed by atoms with Gasteiger partial charge in [0.15, 0.2) is 0 Å². The normalized spacial score (nSPS) is 18.8. The Morgan fingerprint density at radius 3 is 2.55 bits per heavy atom. The Balaban J connectivity index is 1.26. The van der Waals surface area contributed by atoms with Gasteiger partial charge in [-0.05, 0) is 74.8 Å². The van der Waals surface area contributed by atoms with Crippen molar-refractivity contribution in [3.63, 3.8) is 0 Å². The van der Waals surface area contributed by atoms with Crippen LogP contribution in [0.1, 0.15) is 57.9 Å². The molecule has 1 atom stereocenters. The van der Waals surface area contributed by atoms with Gasteiger partial charge in [-0.2, -0.15) is 0 Å². The number of nitrogens with zero attached hydrogens (tertiary/aromatic N) is 2. The molecule has 0 radical (unpaired) electrons. The third-order valence-corrected chi connectivity index (χ3v) is 9.15. The van der Waals surface area contributed by atoms with Gasteiger partial charge < -0.3 is 18.8 Å². The van der Waals surface area contributed by atoms with Gasteiger partial charge >= 0.3 is 6.09 Å². The van der Waals surface area contributed by atoms with Crippen LogP contribution in [0.5, 0.6) is 5.75 Å². The average Bonchev–Trinajstić information content (AvgIpc) is 3.56. The first-order chi connectivity index (χ1) is 19.6. The van der Waals surface area contributed by atoms with E-state index in [-0.39, 0.29) is 12.2 Å². The molecular weight excluding hydrogens is 522 g/mol. The number of carbonyl (C=O) groups excluding carboxylic acids is 1. The van der Waals surface area contributed by atoms with Gasteiger partial charge in [0.05, 0.1) is 35.6 Å². The van der Waals surface area contributed by atoms with Crippen molar-refractivity contribution in [2.24, 2.45) is 5.92 Å². The highest BCUT2D eigenvalue weighted by atomic mass is 32.1. The summed E-state index contributed by atoms with van der Waals surface area (Å²) >= 11 is 1.61. The molecule has 3 heterocycles. The number of amides is 1. The third kappa shape index (κ3) is 5.10. The maximum atomic E-state index is 12.4. The van der Waals surface area contributed by atoms with Crippen LogP contribution in [-0.2, 0) is 9.47 Å². The molecule has 208 valence electrons. The molecule has 4 aromatic rings. The molecule has 0 spiro atoms. The van der Waals surface area contributed by atoms with E-state index in [0.717, 1.165) is 80.0 Å². The molecule has 2 saturated carbocycles. The van der Waals surface area contributed by atoms with E-state index in [1.807, 2.05) is 24.6 Å². The maximum Gasteiger partial charge on any atom is 0.411 e. The smallest absolute Gasteiger partial charge is 0.411 e. The minimum Gasteiger partial charge on any atom is -0.490 e. The van der Waals surface area contributed by atoms with Crippen LogP contribution in [-0.4, -0.2) is 41.1 Å². The highest BCUT2D eigenvalue weighted by Crippen LogP contribution is 2.47. The van der Waals surface area contributed by atoms with Crippen LogP contribution < -0.4 is 10.1 Å². The van der Waals surface area contributed by atoms with E-state index in [0.29, 0.717) is 12.0 Å². The molecule has 2 aromatic heterocycles. The number of hydrogen-bond acceptors (Lipinski definition) is 6. The summed E-state index contributed by atoms with van der Waals surface area (Å²) in [6.45, 7) is 3.48. The number of anilines is 1. The fourth-order valence-electron chi connectivity index (χ4n) is 5.94. The first-order valence-corrected chi connectivity index (χ1v) is 15.5. The molecule has 3 fully saturated rings. The number of carbonyl (C=O) groups is 1. The van der Waals surface area contributed by atoms with Gasteiger partial charge in [-0.1, -0.05) is 12.1 Å². The molecule has 7 rings (SSSR count). The molecule has 1 saturated heterocycles. The van der Waals surface area contributed by atoms with Crippen molar-refractivity contribution in [1.82, 2.24) is 9.55 Å². The van der Waals surface area contributed by atoms with Gasteiger partial charge in [0.25, 0.3) is 0 Å². The van der Waals surface area contributed by atoms with Crippen LogP contribution in [0.3, 0.4) is 0 Å². The molecule has 1 aliphatic heterocycles. The van der Waals surface area contributed by atoms with Gasteiger partial charge in [0, 0.05) is 47.0 Å². The van der Waals surface area contributed by atoms with Gasteiger partial charge in [-0.3, -0.25) is 5.32 Å². The van der Waals surface area contributed by atoms with Gasteiger partial charge in [0.1, 0.15) is 18.0 Å². The molecule has 40 heavy (non-hydrogen) atoms. The highest BCUT2D eigenvalue weighted by Gasteiger charge is 2.31. The summed E-state index contributed by atoms with van der Waals surface area (Å²) in [4.78, 5) is 17.2. The molecule has 3 aliphatic rings. The summed E-state index contributed by atoms with van der Waals surface area (Å²) in [6.07, 6.45) is 7.42. The summed E-state index contributed by atoms with van der Waals surface area (Å²) in [6, 6.07) is 15.1. The topological polar surface area (TPSA) is 74.6 Å². The van der Waals surface area contributed by atoms with E-state index < -0.39 is 6.09 Å². The largest absolute Gasteiger partial charge is 0.490 e. The van der Waals surface area contributed by atoms with E-state index in [4.69, 9.17) is 19.2 Å². The van der Waals surface area contributed by atoms with E-state index in [1.54, 1.807) is 11.3 Å². The fourth-order valence-corrected chi connectivity index (χ4v) is 6.49. The molecule has 1 amide bonds. The Bertz CT molecular complexity index is 1480. The second kappa shape index (κ2) is 10.9. The summed E-state index contributed by atoms with van der Waals surface area (Å²) < 4.78 is 20.0. The van der Waals surface area contributed by atoms with Crippen LogP contribution >= 0.6 is 11.3 Å². The minimum atomic E-state index is -0.393. The monoisotopic (exact) mass is 557 g/mol. The standard InChI is InChI=1S/C32H35N3O4S/c1-20(21-5-6-21)38-32(36)34-23-9-7-22(8-10-23)31-30(28-18-40-19-33-28)27-12-11-26(39-25-13-15-37-16-14-25)17-29(27)35(31)24-3-2-4-24/h7-12,17-21,24-25H,2-6,13-16H2,1H3,(H,34,36). The molecule has 2 aromatic carbocycles. The number of ether oxygens (including phenoxy) is 3. The van der Waals surface area contributed by atoms with Crippen molar-refractivity contribution < 1.29 is 19.0 Å². The molecule has 0 bridgehead atoms. The zero-order valence-corrected chi connectivity index (χ0v) is 23.6. The lowest BCUT2D eigenvalue weighted by Crippen LogP contribution is -2.25. The second-order valence-corrected chi connectivity index (χ2v) is 12.0. The van der Waals surface area contributed by atoms with Crippen LogP contribution in [0.15, 0.2) is 53.4 Å². The lowest BCUT2D eigenvalue weighted by molar-refractivity contribution is 0.0256. The number of aromatic nitrogens is 2. The van der Waals surface area contributed by atoms with Gasteiger partial charge in [-0.25, -0.2) is 9.78 Å². The zero-order chi connectivity index (χ0) is 27.1. The Morgan fingerprint density at radius 2 is 1.88 bits per heavy atom. The molecule has 7 nitrogen and oxygen atoms in total. The van der Waals surface area contributed by atoms with Crippen LogP contribution in [0.4, 0.5) is 10.5 Å². The predicted octanol–water partition coefficient (Wildman–Crippen LogP) is 8.06. The SMILES string of the molecule is CC(OC(=O)Nc1ccc(-c2c(-c3cscn3)c3ccc(OC4CCOCC4)cc3n2C2CCC2)cc1)C1CC1. The minimum absolute atomic E-state index is 0.0431. The Morgan fingerprint density at radius 1 is 1.07 bits per heavy atom. The third-order valence-electron chi connectivity index (χ3n) is 8.56. The molecule has 2 aliphatic carbocycles. The number of hydrogen-bond donors (Lipinski definition) is 1. The van der Waals surface area contributed by atoms with E-state index >= 15 is 0 Å². The van der Waals surface area contributed by atoms with E-state index in [2.05, 4.69) is 45.6 Å². The van der Waals surface area contributed by atoms with Crippen LogP contribution in [0, 0.1) is 5.92 Å². The summed E-state index contributed by atoms with van der Waals surface area (Å²) in [5.74, 6) is 1.42. The molecular formula is C32H35N3O4S. The second-order valence-electron chi connectivity index (χ2n) is 11.3. The number of benzene rings is 2. The lowest BCUT2D eigenvalue weighted by Gasteiger charge is -2.30. The van der Waals surface area contributed by atoms with E-state index in [9.17, 15) is 4.79 Å². The van der Waals surface area contributed by atoms with Crippen molar-refractivity contribution in [2.45, 2.75) is 70.1 Å². The first-order valence-electron chi connectivity index (χ1n) is 14.5. The van der Waals surface area contributed by atoms with Gasteiger partial charge in [-0.15, -0.1) is 11.3 Å². The Labute approximate surface area is 238 Å².